The number of aromatic nitrogens is 2. The Morgan fingerprint density at radius 3 is 2.89 bits per heavy atom. The van der Waals surface area contributed by atoms with E-state index in [1.165, 1.54) is 12.8 Å². The van der Waals surface area contributed by atoms with Crippen molar-refractivity contribution in [3.63, 3.8) is 0 Å². The first kappa shape index (κ1) is 15.0. The lowest BCUT2D eigenvalue weighted by Gasteiger charge is -2.11. The number of hydrogen-bond donors (Lipinski definition) is 2. The number of hydrogen-bond acceptors (Lipinski definition) is 3. The van der Waals surface area contributed by atoms with Gasteiger partial charge in [-0.25, -0.2) is 4.68 Å². The van der Waals surface area contributed by atoms with E-state index >= 15 is 0 Å². The topological polar surface area (TPSA) is 59.0 Å². The van der Waals surface area contributed by atoms with Gasteiger partial charge in [-0.05, 0) is 39.2 Å². The molecule has 1 aromatic heterocycles. The Hall–Kier alpha value is -1.07. The zero-order valence-corrected chi connectivity index (χ0v) is 11.7. The van der Waals surface area contributed by atoms with Gasteiger partial charge >= 0.3 is 0 Å². The summed E-state index contributed by atoms with van der Waals surface area (Å²) in [6.07, 6.45) is 4.30. The van der Waals surface area contributed by atoms with Crippen LogP contribution in [0.1, 0.15) is 32.7 Å². The number of nitrogens with zero attached hydrogens (tertiary/aromatic N) is 2. The summed E-state index contributed by atoms with van der Waals surface area (Å²) in [4.78, 5) is 11.7. The molecule has 1 amide bonds. The molecule has 0 saturated heterocycles. The maximum Gasteiger partial charge on any atom is 0.239 e. The van der Waals surface area contributed by atoms with Gasteiger partial charge in [-0.3, -0.25) is 4.79 Å². The summed E-state index contributed by atoms with van der Waals surface area (Å²) < 4.78 is 1.80. The fourth-order valence-electron chi connectivity index (χ4n) is 1.72. The molecule has 1 aromatic rings. The fraction of sp³-hybridized carbons (Fsp3) is 0.667. The van der Waals surface area contributed by atoms with E-state index in [-0.39, 0.29) is 24.4 Å². The van der Waals surface area contributed by atoms with Crippen molar-refractivity contribution >= 4 is 24.1 Å². The Kier molecular flexibility index (Phi) is 5.62. The molecule has 1 saturated carbocycles. The largest absolute Gasteiger partial charge is 0.310 e. The SMILES string of the molecule is CC(C)n1nccc1NC(=O)CNCC1CC1.Cl. The van der Waals surface area contributed by atoms with Gasteiger partial charge in [0.2, 0.25) is 5.91 Å². The van der Waals surface area contributed by atoms with E-state index in [9.17, 15) is 4.79 Å². The predicted octanol–water partition coefficient (Wildman–Crippen LogP) is 1.82. The highest BCUT2D eigenvalue weighted by Gasteiger charge is 2.20. The number of anilines is 1. The zero-order valence-electron chi connectivity index (χ0n) is 10.8. The number of nitrogens with one attached hydrogen (secondary N) is 2. The monoisotopic (exact) mass is 272 g/mol. The third kappa shape index (κ3) is 4.31. The predicted molar refractivity (Wildman–Crippen MR) is 74.1 cm³/mol. The summed E-state index contributed by atoms with van der Waals surface area (Å²) in [5, 5.41) is 10.2. The normalized spacial score (nSPS) is 14.4. The minimum absolute atomic E-state index is 0. The third-order valence-electron chi connectivity index (χ3n) is 2.84. The number of halogens is 1. The molecule has 5 nitrogen and oxygen atoms in total. The molecule has 0 radical (unpaired) electrons. The highest BCUT2D eigenvalue weighted by atomic mass is 35.5. The Morgan fingerprint density at radius 2 is 2.28 bits per heavy atom. The van der Waals surface area contributed by atoms with Gasteiger partial charge in [0, 0.05) is 12.1 Å². The number of carbonyl (C=O) groups is 1. The molecule has 0 atom stereocenters. The van der Waals surface area contributed by atoms with Crippen molar-refractivity contribution in [2.75, 3.05) is 18.4 Å². The standard InChI is InChI=1S/C12H20N4O.ClH/c1-9(2)16-11(5-6-14-16)15-12(17)8-13-7-10-3-4-10;/h5-6,9-10,13H,3-4,7-8H2,1-2H3,(H,15,17);1H. The van der Waals surface area contributed by atoms with Crippen molar-refractivity contribution in [1.82, 2.24) is 15.1 Å². The average molecular weight is 273 g/mol. The maximum atomic E-state index is 11.7. The summed E-state index contributed by atoms with van der Waals surface area (Å²) in [7, 11) is 0. The van der Waals surface area contributed by atoms with Crippen LogP contribution in [0, 0.1) is 5.92 Å². The minimum Gasteiger partial charge on any atom is -0.310 e. The Morgan fingerprint density at radius 1 is 1.56 bits per heavy atom. The summed E-state index contributed by atoms with van der Waals surface area (Å²) in [5.74, 6) is 1.55. The molecule has 2 N–H and O–H groups in total. The summed E-state index contributed by atoms with van der Waals surface area (Å²) >= 11 is 0. The van der Waals surface area contributed by atoms with E-state index in [1.54, 1.807) is 10.9 Å². The second-order valence-corrected chi connectivity index (χ2v) is 4.88. The van der Waals surface area contributed by atoms with Crippen molar-refractivity contribution in [3.05, 3.63) is 12.3 Å². The molecule has 0 aliphatic heterocycles. The lowest BCUT2D eigenvalue weighted by Crippen LogP contribution is -2.30. The lowest BCUT2D eigenvalue weighted by atomic mass is 10.4. The molecule has 18 heavy (non-hydrogen) atoms. The van der Waals surface area contributed by atoms with Crippen LogP contribution in [0.5, 0.6) is 0 Å². The quantitative estimate of drug-likeness (QED) is 0.831. The van der Waals surface area contributed by atoms with Crippen molar-refractivity contribution in [2.45, 2.75) is 32.7 Å². The summed E-state index contributed by atoms with van der Waals surface area (Å²) in [6, 6.07) is 2.07. The lowest BCUT2D eigenvalue weighted by molar-refractivity contribution is -0.115. The molecule has 0 aromatic carbocycles. The highest BCUT2D eigenvalue weighted by molar-refractivity contribution is 5.91. The van der Waals surface area contributed by atoms with Gasteiger partial charge in [-0.2, -0.15) is 5.10 Å². The Bertz CT molecular complexity index is 387. The number of rotatable bonds is 6. The van der Waals surface area contributed by atoms with Crippen LogP contribution < -0.4 is 10.6 Å². The van der Waals surface area contributed by atoms with Crippen molar-refractivity contribution < 1.29 is 4.79 Å². The first-order valence-electron chi connectivity index (χ1n) is 6.21. The van der Waals surface area contributed by atoms with E-state index in [2.05, 4.69) is 15.7 Å². The molecular formula is C12H21ClN4O. The van der Waals surface area contributed by atoms with Crippen molar-refractivity contribution in [2.24, 2.45) is 5.92 Å². The first-order valence-corrected chi connectivity index (χ1v) is 6.21. The van der Waals surface area contributed by atoms with Crippen LogP contribution >= 0.6 is 12.4 Å². The second-order valence-electron chi connectivity index (χ2n) is 4.88. The molecule has 1 aliphatic carbocycles. The van der Waals surface area contributed by atoms with Crippen LogP contribution in [-0.4, -0.2) is 28.8 Å². The van der Waals surface area contributed by atoms with Crippen LogP contribution in [0.4, 0.5) is 5.82 Å². The molecule has 102 valence electrons. The third-order valence-corrected chi connectivity index (χ3v) is 2.84. The van der Waals surface area contributed by atoms with E-state index in [1.807, 2.05) is 19.9 Å². The summed E-state index contributed by atoms with van der Waals surface area (Å²) in [5.41, 5.74) is 0. The van der Waals surface area contributed by atoms with Gasteiger partial charge in [0.05, 0.1) is 12.7 Å². The van der Waals surface area contributed by atoms with Gasteiger partial charge < -0.3 is 10.6 Å². The van der Waals surface area contributed by atoms with Gasteiger partial charge in [-0.15, -0.1) is 12.4 Å². The van der Waals surface area contributed by atoms with Crippen LogP contribution in [-0.2, 0) is 4.79 Å². The van der Waals surface area contributed by atoms with E-state index in [4.69, 9.17) is 0 Å². The number of amides is 1. The molecule has 0 spiro atoms. The van der Waals surface area contributed by atoms with Crippen LogP contribution in [0.3, 0.4) is 0 Å². The van der Waals surface area contributed by atoms with Gasteiger partial charge in [0.15, 0.2) is 0 Å². The molecule has 0 bridgehead atoms. The Balaban J connectivity index is 0.00000162. The van der Waals surface area contributed by atoms with Crippen LogP contribution in [0.25, 0.3) is 0 Å². The fourth-order valence-corrected chi connectivity index (χ4v) is 1.72. The van der Waals surface area contributed by atoms with Crippen molar-refractivity contribution in [3.8, 4) is 0 Å². The van der Waals surface area contributed by atoms with Gasteiger partial charge in [0.1, 0.15) is 5.82 Å². The average Bonchev–Trinajstić information content (AvgIpc) is 2.96. The minimum atomic E-state index is -0.00644. The van der Waals surface area contributed by atoms with Gasteiger partial charge in [-0.1, -0.05) is 0 Å². The molecular weight excluding hydrogens is 252 g/mol. The van der Waals surface area contributed by atoms with Crippen molar-refractivity contribution in [1.29, 1.82) is 0 Å². The Labute approximate surface area is 114 Å². The summed E-state index contributed by atoms with van der Waals surface area (Å²) in [6.45, 7) is 5.40. The van der Waals surface area contributed by atoms with E-state index in [0.29, 0.717) is 6.54 Å². The van der Waals surface area contributed by atoms with Crippen LogP contribution in [0.15, 0.2) is 12.3 Å². The maximum absolute atomic E-state index is 11.7. The molecule has 2 rings (SSSR count). The first-order chi connectivity index (χ1) is 8.16. The molecule has 0 unspecified atom stereocenters. The molecule has 1 fully saturated rings. The highest BCUT2D eigenvalue weighted by Crippen LogP contribution is 2.27. The van der Waals surface area contributed by atoms with E-state index in [0.717, 1.165) is 18.3 Å². The molecule has 1 aliphatic rings. The second kappa shape index (κ2) is 6.75. The van der Waals surface area contributed by atoms with Gasteiger partial charge in [0.25, 0.3) is 0 Å². The molecule has 6 heteroatoms. The molecule has 1 heterocycles. The number of carbonyl (C=O) groups excluding carboxylic acids is 1. The van der Waals surface area contributed by atoms with Crippen LogP contribution in [0.2, 0.25) is 0 Å². The smallest absolute Gasteiger partial charge is 0.239 e. The zero-order chi connectivity index (χ0) is 12.3. The van der Waals surface area contributed by atoms with E-state index < -0.39 is 0 Å².